The second-order valence-electron chi connectivity index (χ2n) is 4.13. The van der Waals surface area contributed by atoms with Gasteiger partial charge in [-0.2, -0.15) is 5.10 Å². The van der Waals surface area contributed by atoms with Gasteiger partial charge in [-0.1, -0.05) is 0 Å². The first-order chi connectivity index (χ1) is 7.69. The monoisotopic (exact) mass is 244 g/mol. The van der Waals surface area contributed by atoms with Crippen LogP contribution in [0.15, 0.2) is 0 Å². The van der Waals surface area contributed by atoms with Gasteiger partial charge in [0.15, 0.2) is 0 Å². The first-order valence-corrected chi connectivity index (χ1v) is 5.97. The van der Waals surface area contributed by atoms with E-state index in [9.17, 15) is 0 Å². The Morgan fingerprint density at radius 3 is 3.00 bits per heavy atom. The Morgan fingerprint density at radius 1 is 1.62 bits per heavy atom. The number of ether oxygens (including phenoxy) is 2. The van der Waals surface area contributed by atoms with Crippen molar-refractivity contribution in [2.45, 2.75) is 19.4 Å². The number of rotatable bonds is 3. The van der Waals surface area contributed by atoms with Crippen molar-refractivity contribution in [1.82, 2.24) is 9.78 Å². The Balaban J connectivity index is 2.38. The molecule has 1 aromatic heterocycles. The predicted octanol–water partition coefficient (Wildman–Crippen LogP) is 2.05. The van der Waals surface area contributed by atoms with Crippen molar-refractivity contribution >= 4 is 11.6 Å². The minimum absolute atomic E-state index is 0.0288. The number of methoxy groups -OCH3 is 1. The van der Waals surface area contributed by atoms with Gasteiger partial charge in [-0.25, -0.2) is 4.68 Å². The van der Waals surface area contributed by atoms with Crippen LogP contribution in [0.2, 0.25) is 0 Å². The van der Waals surface area contributed by atoms with Gasteiger partial charge in [0, 0.05) is 25.5 Å². The lowest BCUT2D eigenvalue weighted by atomic mass is 9.97. The van der Waals surface area contributed by atoms with Crippen molar-refractivity contribution in [2.24, 2.45) is 13.0 Å². The van der Waals surface area contributed by atoms with Gasteiger partial charge in [-0.05, 0) is 13.3 Å². The fourth-order valence-corrected chi connectivity index (χ4v) is 2.65. The van der Waals surface area contributed by atoms with Crippen molar-refractivity contribution in [2.75, 3.05) is 19.6 Å². The van der Waals surface area contributed by atoms with E-state index in [-0.39, 0.29) is 6.10 Å². The molecule has 0 bridgehead atoms. The van der Waals surface area contributed by atoms with Gasteiger partial charge >= 0.3 is 0 Å². The molecule has 0 aliphatic carbocycles. The summed E-state index contributed by atoms with van der Waals surface area (Å²) in [6.45, 7) is 2.74. The molecule has 16 heavy (non-hydrogen) atoms. The molecule has 2 unspecified atom stereocenters. The summed E-state index contributed by atoms with van der Waals surface area (Å²) in [5.41, 5.74) is 2.01. The normalized spacial score (nSPS) is 25.0. The summed E-state index contributed by atoms with van der Waals surface area (Å²) in [6.07, 6.45) is 1.03. The Kier molecular flexibility index (Phi) is 3.40. The van der Waals surface area contributed by atoms with Crippen LogP contribution in [0, 0.1) is 12.8 Å². The molecule has 1 fully saturated rings. The van der Waals surface area contributed by atoms with E-state index < -0.39 is 0 Å². The second kappa shape index (κ2) is 4.63. The van der Waals surface area contributed by atoms with E-state index in [4.69, 9.17) is 21.1 Å². The number of aryl methyl sites for hydroxylation is 2. The van der Waals surface area contributed by atoms with Crippen LogP contribution in [0.4, 0.5) is 0 Å². The van der Waals surface area contributed by atoms with E-state index >= 15 is 0 Å². The number of nitrogens with zero attached hydrogens (tertiary/aromatic N) is 2. The Hall–Kier alpha value is -0.740. The van der Waals surface area contributed by atoms with E-state index in [2.05, 4.69) is 5.10 Å². The van der Waals surface area contributed by atoms with Gasteiger partial charge in [0.05, 0.1) is 24.5 Å². The van der Waals surface area contributed by atoms with Crippen molar-refractivity contribution in [3.05, 3.63) is 11.3 Å². The fraction of sp³-hybridized carbons (Fsp3) is 0.727. The van der Waals surface area contributed by atoms with Crippen LogP contribution in [-0.2, 0) is 11.8 Å². The SMILES string of the molecule is COc1c(C2OCCC2CCl)c(C)nn1C. The Morgan fingerprint density at radius 2 is 2.38 bits per heavy atom. The minimum atomic E-state index is 0.0288. The van der Waals surface area contributed by atoms with Crippen molar-refractivity contribution in [3.8, 4) is 5.88 Å². The molecule has 2 atom stereocenters. The van der Waals surface area contributed by atoms with Gasteiger partial charge < -0.3 is 9.47 Å². The summed E-state index contributed by atoms with van der Waals surface area (Å²) in [5.74, 6) is 1.75. The third-order valence-corrected chi connectivity index (χ3v) is 3.50. The number of hydrogen-bond acceptors (Lipinski definition) is 3. The summed E-state index contributed by atoms with van der Waals surface area (Å²) in [7, 11) is 3.53. The first-order valence-electron chi connectivity index (χ1n) is 5.44. The Bertz CT molecular complexity index is 378. The van der Waals surface area contributed by atoms with Gasteiger partial charge in [-0.15, -0.1) is 11.6 Å². The molecular formula is C11H17ClN2O2. The molecule has 1 aliphatic rings. The fourth-order valence-electron chi connectivity index (χ4n) is 2.33. The highest BCUT2D eigenvalue weighted by molar-refractivity contribution is 6.18. The highest BCUT2D eigenvalue weighted by atomic mass is 35.5. The van der Waals surface area contributed by atoms with E-state index in [0.29, 0.717) is 11.8 Å². The first kappa shape index (κ1) is 11.7. The molecule has 0 N–H and O–H groups in total. The lowest BCUT2D eigenvalue weighted by Gasteiger charge is -2.17. The van der Waals surface area contributed by atoms with Gasteiger partial charge in [0.1, 0.15) is 0 Å². The van der Waals surface area contributed by atoms with E-state index in [1.165, 1.54) is 0 Å². The molecule has 1 aromatic rings. The third-order valence-electron chi connectivity index (χ3n) is 3.10. The molecule has 2 heterocycles. The molecule has 90 valence electrons. The number of aromatic nitrogens is 2. The molecule has 2 rings (SSSR count). The standard InChI is InChI=1S/C11H17ClN2O2/c1-7-9(11(15-3)14(2)13-7)10-8(6-12)4-5-16-10/h8,10H,4-6H2,1-3H3. The summed E-state index contributed by atoms with van der Waals surface area (Å²) >= 11 is 5.96. The molecule has 4 nitrogen and oxygen atoms in total. The van der Waals surface area contributed by atoms with Crippen molar-refractivity contribution in [3.63, 3.8) is 0 Å². The maximum atomic E-state index is 5.96. The van der Waals surface area contributed by atoms with E-state index in [1.807, 2.05) is 14.0 Å². The van der Waals surface area contributed by atoms with Crippen LogP contribution >= 0.6 is 11.6 Å². The predicted molar refractivity (Wildman–Crippen MR) is 62.0 cm³/mol. The number of hydrogen-bond donors (Lipinski definition) is 0. The minimum Gasteiger partial charge on any atom is -0.481 e. The summed E-state index contributed by atoms with van der Waals surface area (Å²) in [6, 6.07) is 0. The van der Waals surface area contributed by atoms with Crippen LogP contribution in [0.1, 0.15) is 23.8 Å². The largest absolute Gasteiger partial charge is 0.481 e. The molecule has 1 aliphatic heterocycles. The highest BCUT2D eigenvalue weighted by Gasteiger charge is 2.34. The zero-order valence-corrected chi connectivity index (χ0v) is 10.6. The smallest absolute Gasteiger partial charge is 0.217 e. The average molecular weight is 245 g/mol. The molecular weight excluding hydrogens is 228 g/mol. The highest BCUT2D eigenvalue weighted by Crippen LogP contribution is 2.40. The average Bonchev–Trinajstić information content (AvgIpc) is 2.81. The van der Waals surface area contributed by atoms with Crippen LogP contribution in [0.25, 0.3) is 0 Å². The maximum Gasteiger partial charge on any atom is 0.217 e. The van der Waals surface area contributed by atoms with Crippen LogP contribution in [-0.4, -0.2) is 29.4 Å². The topological polar surface area (TPSA) is 36.3 Å². The molecule has 0 saturated carbocycles. The number of halogens is 1. The third kappa shape index (κ3) is 1.80. The maximum absolute atomic E-state index is 5.96. The molecule has 0 aromatic carbocycles. The van der Waals surface area contributed by atoms with Crippen molar-refractivity contribution in [1.29, 1.82) is 0 Å². The zero-order valence-electron chi connectivity index (χ0n) is 9.86. The van der Waals surface area contributed by atoms with Gasteiger partial charge in [0.2, 0.25) is 5.88 Å². The quantitative estimate of drug-likeness (QED) is 0.764. The lowest BCUT2D eigenvalue weighted by molar-refractivity contribution is 0.0921. The molecule has 1 saturated heterocycles. The lowest BCUT2D eigenvalue weighted by Crippen LogP contribution is -2.11. The van der Waals surface area contributed by atoms with Crippen LogP contribution in [0.3, 0.4) is 0 Å². The Labute approximate surface area is 100 Å². The van der Waals surface area contributed by atoms with Gasteiger partial charge in [0.25, 0.3) is 0 Å². The summed E-state index contributed by atoms with van der Waals surface area (Å²) < 4.78 is 12.9. The molecule has 0 radical (unpaired) electrons. The zero-order chi connectivity index (χ0) is 11.7. The number of alkyl halides is 1. The molecule has 5 heteroatoms. The molecule has 0 amide bonds. The summed E-state index contributed by atoms with van der Waals surface area (Å²) in [5, 5.41) is 4.36. The molecule has 0 spiro atoms. The van der Waals surface area contributed by atoms with E-state index in [0.717, 1.165) is 30.2 Å². The van der Waals surface area contributed by atoms with Gasteiger partial charge in [-0.3, -0.25) is 0 Å². The van der Waals surface area contributed by atoms with E-state index in [1.54, 1.807) is 11.8 Å². The van der Waals surface area contributed by atoms with Crippen LogP contribution in [0.5, 0.6) is 5.88 Å². The second-order valence-corrected chi connectivity index (χ2v) is 4.44. The summed E-state index contributed by atoms with van der Waals surface area (Å²) in [4.78, 5) is 0. The van der Waals surface area contributed by atoms with Crippen molar-refractivity contribution < 1.29 is 9.47 Å². The van der Waals surface area contributed by atoms with Crippen LogP contribution < -0.4 is 4.74 Å².